The van der Waals surface area contributed by atoms with E-state index in [9.17, 15) is 4.79 Å². The van der Waals surface area contributed by atoms with Gasteiger partial charge in [-0.1, -0.05) is 6.07 Å². The number of amides is 1. The monoisotopic (exact) mass is 335 g/mol. The minimum atomic E-state index is -0.454. The van der Waals surface area contributed by atoms with Crippen molar-refractivity contribution in [2.45, 2.75) is 19.8 Å². The average Bonchev–Trinajstić information content (AvgIpc) is 3.25. The van der Waals surface area contributed by atoms with E-state index in [1.807, 2.05) is 19.1 Å². The van der Waals surface area contributed by atoms with Crippen LogP contribution in [-0.2, 0) is 16.0 Å². The Labute approximate surface area is 137 Å². The fourth-order valence-electron chi connectivity index (χ4n) is 2.09. The van der Waals surface area contributed by atoms with Crippen molar-refractivity contribution in [2.75, 3.05) is 19.8 Å². The Balaban J connectivity index is 1.61. The minimum Gasteiger partial charge on any atom is -0.478 e. The van der Waals surface area contributed by atoms with Crippen molar-refractivity contribution in [1.29, 1.82) is 0 Å². The van der Waals surface area contributed by atoms with Gasteiger partial charge in [-0.25, -0.2) is 9.97 Å². The molecule has 0 unspecified atom stereocenters. The first kappa shape index (κ1) is 15.9. The summed E-state index contributed by atoms with van der Waals surface area (Å²) in [6, 6.07) is 3.68. The molecular formula is C15H17N3O4S. The summed E-state index contributed by atoms with van der Waals surface area (Å²) >= 11 is 1.27. The zero-order chi connectivity index (χ0) is 16.1. The van der Waals surface area contributed by atoms with Crippen LogP contribution in [0.5, 0.6) is 5.88 Å². The summed E-state index contributed by atoms with van der Waals surface area (Å²) < 4.78 is 16.2. The second-order valence-electron chi connectivity index (χ2n) is 4.72. The smallest absolute Gasteiger partial charge is 0.263 e. The number of rotatable bonds is 6. The molecule has 2 aromatic rings. The second-order valence-corrected chi connectivity index (χ2v) is 5.78. The maximum absolute atomic E-state index is 12.2. The highest BCUT2D eigenvalue weighted by Crippen LogP contribution is 2.27. The van der Waals surface area contributed by atoms with Crippen molar-refractivity contribution in [2.24, 2.45) is 0 Å². The molecule has 3 rings (SSSR count). The molecule has 0 bridgehead atoms. The zero-order valence-corrected chi connectivity index (χ0v) is 13.5. The minimum absolute atomic E-state index is 0.196. The molecule has 23 heavy (non-hydrogen) atoms. The fourth-order valence-corrected chi connectivity index (χ4v) is 2.92. The number of thiazole rings is 1. The van der Waals surface area contributed by atoms with E-state index in [-0.39, 0.29) is 5.91 Å². The van der Waals surface area contributed by atoms with Crippen molar-refractivity contribution in [1.82, 2.24) is 15.3 Å². The normalized spacial score (nSPS) is 14.8. The number of aromatic nitrogens is 2. The molecule has 0 radical (unpaired) electrons. The van der Waals surface area contributed by atoms with E-state index in [0.717, 1.165) is 5.56 Å². The van der Waals surface area contributed by atoms with E-state index in [0.29, 0.717) is 42.1 Å². The SMILES string of the molecule is CCOc1ncccc1CNC(=O)c1cnc(C2OCCO2)s1. The summed E-state index contributed by atoms with van der Waals surface area (Å²) in [5, 5.41) is 3.50. The van der Waals surface area contributed by atoms with Crippen LogP contribution < -0.4 is 10.1 Å². The molecule has 1 aliphatic rings. The summed E-state index contributed by atoms with van der Waals surface area (Å²) in [4.78, 5) is 21.1. The number of hydrogen-bond donors (Lipinski definition) is 1. The van der Waals surface area contributed by atoms with E-state index in [2.05, 4.69) is 15.3 Å². The van der Waals surface area contributed by atoms with Gasteiger partial charge < -0.3 is 19.5 Å². The van der Waals surface area contributed by atoms with Crippen molar-refractivity contribution in [3.63, 3.8) is 0 Å². The van der Waals surface area contributed by atoms with Crippen LogP contribution in [0, 0.1) is 0 Å². The predicted molar refractivity (Wildman–Crippen MR) is 83.3 cm³/mol. The number of carbonyl (C=O) groups excluding carboxylic acids is 1. The molecule has 0 saturated carbocycles. The molecule has 0 aromatic carbocycles. The van der Waals surface area contributed by atoms with Crippen LogP contribution in [0.3, 0.4) is 0 Å². The number of nitrogens with zero attached hydrogens (tertiary/aromatic N) is 2. The summed E-state index contributed by atoms with van der Waals surface area (Å²) in [6.45, 7) is 3.85. The molecule has 1 aliphatic heterocycles. The number of ether oxygens (including phenoxy) is 3. The Morgan fingerprint density at radius 3 is 3.04 bits per heavy atom. The van der Waals surface area contributed by atoms with Gasteiger partial charge in [-0.3, -0.25) is 4.79 Å². The molecule has 7 nitrogen and oxygen atoms in total. The molecule has 0 spiro atoms. The number of hydrogen-bond acceptors (Lipinski definition) is 7. The highest BCUT2D eigenvalue weighted by atomic mass is 32.1. The summed E-state index contributed by atoms with van der Waals surface area (Å²) in [6.07, 6.45) is 2.74. The first-order valence-corrected chi connectivity index (χ1v) is 8.13. The summed E-state index contributed by atoms with van der Waals surface area (Å²) in [7, 11) is 0. The quantitative estimate of drug-likeness (QED) is 0.868. The first-order chi connectivity index (χ1) is 11.3. The lowest BCUT2D eigenvalue weighted by molar-refractivity contribution is -0.0442. The molecule has 2 aromatic heterocycles. The third-order valence-electron chi connectivity index (χ3n) is 3.14. The van der Waals surface area contributed by atoms with Gasteiger partial charge in [-0.2, -0.15) is 0 Å². The van der Waals surface area contributed by atoms with Gasteiger partial charge in [0.1, 0.15) is 9.88 Å². The van der Waals surface area contributed by atoms with Crippen molar-refractivity contribution in [3.05, 3.63) is 40.0 Å². The molecule has 0 atom stereocenters. The number of carbonyl (C=O) groups is 1. The van der Waals surface area contributed by atoms with Gasteiger partial charge >= 0.3 is 0 Å². The van der Waals surface area contributed by atoms with Crippen molar-refractivity contribution < 1.29 is 19.0 Å². The average molecular weight is 335 g/mol. The highest BCUT2D eigenvalue weighted by Gasteiger charge is 2.23. The van der Waals surface area contributed by atoms with Crippen LogP contribution in [0.25, 0.3) is 0 Å². The Hall–Kier alpha value is -2.03. The lowest BCUT2D eigenvalue weighted by atomic mass is 10.2. The Kier molecular flexibility index (Phi) is 5.16. The number of pyridine rings is 1. The van der Waals surface area contributed by atoms with E-state index in [1.54, 1.807) is 6.20 Å². The molecule has 1 N–H and O–H groups in total. The van der Waals surface area contributed by atoms with Crippen LogP contribution in [0.4, 0.5) is 0 Å². The highest BCUT2D eigenvalue weighted by molar-refractivity contribution is 7.13. The van der Waals surface area contributed by atoms with Crippen LogP contribution >= 0.6 is 11.3 Å². The lowest BCUT2D eigenvalue weighted by Crippen LogP contribution is -2.22. The van der Waals surface area contributed by atoms with Crippen molar-refractivity contribution >= 4 is 17.2 Å². The van der Waals surface area contributed by atoms with E-state index >= 15 is 0 Å². The molecule has 8 heteroatoms. The van der Waals surface area contributed by atoms with E-state index in [4.69, 9.17) is 14.2 Å². The summed E-state index contributed by atoms with van der Waals surface area (Å²) in [5.41, 5.74) is 0.829. The fraction of sp³-hybridized carbons (Fsp3) is 0.400. The maximum atomic E-state index is 12.2. The van der Waals surface area contributed by atoms with Gasteiger partial charge in [0, 0.05) is 18.3 Å². The Bertz CT molecular complexity index is 670. The maximum Gasteiger partial charge on any atom is 0.263 e. The van der Waals surface area contributed by atoms with Gasteiger partial charge in [0.15, 0.2) is 0 Å². The van der Waals surface area contributed by atoms with Crippen LogP contribution in [0.1, 0.15) is 33.5 Å². The molecule has 3 heterocycles. The molecule has 1 saturated heterocycles. The van der Waals surface area contributed by atoms with Crippen LogP contribution in [0.15, 0.2) is 24.5 Å². The van der Waals surface area contributed by atoms with Gasteiger partial charge in [0.25, 0.3) is 5.91 Å². The summed E-state index contributed by atoms with van der Waals surface area (Å²) in [5.74, 6) is 0.339. The molecule has 122 valence electrons. The van der Waals surface area contributed by atoms with E-state index in [1.165, 1.54) is 17.5 Å². The first-order valence-electron chi connectivity index (χ1n) is 7.31. The van der Waals surface area contributed by atoms with Gasteiger partial charge in [-0.05, 0) is 13.0 Å². The van der Waals surface area contributed by atoms with Gasteiger partial charge in [0.2, 0.25) is 12.2 Å². The molecule has 1 fully saturated rings. The molecule has 1 amide bonds. The second kappa shape index (κ2) is 7.49. The Morgan fingerprint density at radius 1 is 1.43 bits per heavy atom. The van der Waals surface area contributed by atoms with Gasteiger partial charge in [0.05, 0.1) is 26.0 Å². The van der Waals surface area contributed by atoms with E-state index < -0.39 is 6.29 Å². The van der Waals surface area contributed by atoms with Crippen LogP contribution in [-0.4, -0.2) is 35.7 Å². The largest absolute Gasteiger partial charge is 0.478 e. The Morgan fingerprint density at radius 2 is 2.26 bits per heavy atom. The van der Waals surface area contributed by atoms with Crippen LogP contribution in [0.2, 0.25) is 0 Å². The molecular weight excluding hydrogens is 318 g/mol. The number of nitrogens with one attached hydrogen (secondary N) is 1. The predicted octanol–water partition coefficient (Wildman–Crippen LogP) is 1.91. The van der Waals surface area contributed by atoms with Gasteiger partial charge in [-0.15, -0.1) is 11.3 Å². The standard InChI is InChI=1S/C15H17N3O4S/c1-2-20-13-10(4-3-5-16-13)8-17-12(19)11-9-18-14(23-11)15-21-6-7-22-15/h3-5,9,15H,2,6-8H2,1H3,(H,17,19). The third kappa shape index (κ3) is 3.84. The zero-order valence-electron chi connectivity index (χ0n) is 12.7. The lowest BCUT2D eigenvalue weighted by Gasteiger charge is -2.09. The third-order valence-corrected chi connectivity index (χ3v) is 4.16. The van der Waals surface area contributed by atoms with Crippen molar-refractivity contribution in [3.8, 4) is 5.88 Å². The topological polar surface area (TPSA) is 82.6 Å². The molecule has 0 aliphatic carbocycles.